The minimum atomic E-state index is -0.0459. The molecule has 1 aromatic rings. The minimum absolute atomic E-state index is 0. The van der Waals surface area contributed by atoms with Crippen LogP contribution in [0.25, 0.3) is 0 Å². The van der Waals surface area contributed by atoms with Crippen LogP contribution in [-0.2, 0) is 0 Å². The second-order valence-electron chi connectivity index (χ2n) is 5.37. The lowest BCUT2D eigenvalue weighted by molar-refractivity contribution is 0.0833. The smallest absolute Gasteiger partial charge is 0.253 e. The Labute approximate surface area is 121 Å². The molecule has 0 heterocycles. The van der Waals surface area contributed by atoms with E-state index in [0.29, 0.717) is 16.7 Å². The van der Waals surface area contributed by atoms with Crippen LogP contribution in [0.3, 0.4) is 0 Å². The zero-order chi connectivity index (χ0) is 13.0. The summed E-state index contributed by atoms with van der Waals surface area (Å²) in [6, 6.07) is 7.23. The molecule has 1 aliphatic rings. The van der Waals surface area contributed by atoms with E-state index in [2.05, 4.69) is 12.2 Å². The summed E-state index contributed by atoms with van der Waals surface area (Å²) in [4.78, 5) is 12.1. The molecule has 0 saturated heterocycles. The van der Waals surface area contributed by atoms with Crippen molar-refractivity contribution in [3.8, 4) is 0 Å². The number of carbonyl (C=O) groups excluding carboxylic acids is 1. The van der Waals surface area contributed by atoms with Crippen molar-refractivity contribution in [3.63, 3.8) is 0 Å². The van der Waals surface area contributed by atoms with Gasteiger partial charge in [0.2, 0.25) is 0 Å². The predicted octanol–water partition coefficient (Wildman–Crippen LogP) is 3.39. The predicted molar refractivity (Wildman–Crippen MR) is 81.6 cm³/mol. The average Bonchev–Trinajstić information content (AvgIpc) is 2.32. The number of nitrogens with one attached hydrogen (secondary N) is 1. The third-order valence-corrected chi connectivity index (χ3v) is 4.02. The van der Waals surface area contributed by atoms with Crippen molar-refractivity contribution in [2.75, 3.05) is 12.3 Å². The molecule has 1 aliphatic carbocycles. The molecule has 3 N–H and O–H groups in total. The molecule has 0 atom stereocenters. The number of amides is 1. The zero-order valence-corrected chi connectivity index (χ0v) is 12.3. The van der Waals surface area contributed by atoms with Crippen molar-refractivity contribution in [3.05, 3.63) is 29.8 Å². The lowest BCUT2D eigenvalue weighted by Crippen LogP contribution is -2.42. The third kappa shape index (κ3) is 3.63. The van der Waals surface area contributed by atoms with Crippen molar-refractivity contribution in [2.45, 2.75) is 39.0 Å². The van der Waals surface area contributed by atoms with Crippen LogP contribution < -0.4 is 11.1 Å². The second-order valence-corrected chi connectivity index (χ2v) is 5.37. The Morgan fingerprint density at radius 3 is 2.58 bits per heavy atom. The minimum Gasteiger partial charge on any atom is -0.398 e. The molecule has 1 saturated carbocycles. The van der Waals surface area contributed by atoms with E-state index in [1.165, 1.54) is 32.1 Å². The van der Waals surface area contributed by atoms with Gasteiger partial charge in [-0.2, -0.15) is 0 Å². The number of nitrogen functional groups attached to an aromatic ring is 1. The van der Waals surface area contributed by atoms with Gasteiger partial charge in [0.05, 0.1) is 5.56 Å². The van der Waals surface area contributed by atoms with Gasteiger partial charge in [0, 0.05) is 12.2 Å². The number of carbonyl (C=O) groups is 1. The van der Waals surface area contributed by atoms with E-state index >= 15 is 0 Å². The van der Waals surface area contributed by atoms with Crippen LogP contribution in [0, 0.1) is 5.41 Å². The summed E-state index contributed by atoms with van der Waals surface area (Å²) in [5.41, 5.74) is 7.30. The van der Waals surface area contributed by atoms with Gasteiger partial charge in [0.15, 0.2) is 0 Å². The van der Waals surface area contributed by atoms with Gasteiger partial charge in [-0.05, 0) is 36.8 Å². The summed E-state index contributed by atoms with van der Waals surface area (Å²) in [6.07, 6.45) is 6.17. The summed E-state index contributed by atoms with van der Waals surface area (Å²) in [7, 11) is 0. The molecule has 0 radical (unpaired) electrons. The number of hydrogen-bond donors (Lipinski definition) is 2. The fourth-order valence-corrected chi connectivity index (χ4v) is 2.79. The summed E-state index contributed by atoms with van der Waals surface area (Å²) >= 11 is 0. The Hall–Kier alpha value is -1.22. The maximum absolute atomic E-state index is 12.1. The number of para-hydroxylation sites is 1. The molecule has 0 aliphatic heterocycles. The van der Waals surface area contributed by atoms with E-state index < -0.39 is 0 Å². The first kappa shape index (κ1) is 15.8. The van der Waals surface area contributed by atoms with Crippen LogP contribution in [0.5, 0.6) is 0 Å². The van der Waals surface area contributed by atoms with E-state index in [9.17, 15) is 4.79 Å². The molecule has 2 rings (SSSR count). The van der Waals surface area contributed by atoms with Crippen LogP contribution >= 0.6 is 12.4 Å². The largest absolute Gasteiger partial charge is 0.398 e. The molecule has 0 bridgehead atoms. The monoisotopic (exact) mass is 282 g/mol. The fraction of sp³-hybridized carbons (Fsp3) is 0.533. The lowest BCUT2D eigenvalue weighted by Gasteiger charge is -2.42. The van der Waals surface area contributed by atoms with Crippen LogP contribution in [0.1, 0.15) is 49.4 Å². The van der Waals surface area contributed by atoms with Crippen molar-refractivity contribution in [1.82, 2.24) is 5.32 Å². The standard InChI is InChI=1S/C15H22N2O.ClH/c1-2-8-15(9-5-10-15)11-17-14(18)12-6-3-4-7-13(12)16;/h3-4,6-7H,2,5,8-11,16H2,1H3,(H,17,18);1H. The first-order valence-corrected chi connectivity index (χ1v) is 6.80. The molecular formula is C15H23ClN2O. The molecule has 106 valence electrons. The van der Waals surface area contributed by atoms with Crippen LogP contribution in [0.15, 0.2) is 24.3 Å². The number of benzene rings is 1. The zero-order valence-electron chi connectivity index (χ0n) is 11.4. The highest BCUT2D eigenvalue weighted by Crippen LogP contribution is 2.44. The van der Waals surface area contributed by atoms with Crippen molar-refractivity contribution >= 4 is 24.0 Å². The molecule has 1 fully saturated rings. The van der Waals surface area contributed by atoms with Gasteiger partial charge in [-0.15, -0.1) is 12.4 Å². The average molecular weight is 283 g/mol. The quantitative estimate of drug-likeness (QED) is 0.814. The summed E-state index contributed by atoms with van der Waals surface area (Å²) in [5.74, 6) is -0.0459. The Kier molecular flexibility index (Phi) is 5.67. The molecule has 19 heavy (non-hydrogen) atoms. The van der Waals surface area contributed by atoms with Crippen LogP contribution in [0.4, 0.5) is 5.69 Å². The third-order valence-electron chi connectivity index (χ3n) is 4.02. The van der Waals surface area contributed by atoms with Gasteiger partial charge in [-0.1, -0.05) is 31.9 Å². The summed E-state index contributed by atoms with van der Waals surface area (Å²) < 4.78 is 0. The Bertz CT molecular complexity index is 430. The fourth-order valence-electron chi connectivity index (χ4n) is 2.79. The highest BCUT2D eigenvalue weighted by atomic mass is 35.5. The number of hydrogen-bond acceptors (Lipinski definition) is 2. The number of anilines is 1. The molecule has 0 spiro atoms. The lowest BCUT2D eigenvalue weighted by atomic mass is 9.66. The van der Waals surface area contributed by atoms with E-state index in [4.69, 9.17) is 5.73 Å². The Morgan fingerprint density at radius 1 is 1.37 bits per heavy atom. The molecule has 1 aromatic carbocycles. The van der Waals surface area contributed by atoms with Crippen molar-refractivity contribution < 1.29 is 4.79 Å². The Morgan fingerprint density at radius 2 is 2.05 bits per heavy atom. The van der Waals surface area contributed by atoms with Gasteiger partial charge in [0.25, 0.3) is 5.91 Å². The first-order chi connectivity index (χ1) is 8.67. The van der Waals surface area contributed by atoms with E-state index in [1.807, 2.05) is 12.1 Å². The van der Waals surface area contributed by atoms with Gasteiger partial charge < -0.3 is 11.1 Å². The topological polar surface area (TPSA) is 55.1 Å². The molecular weight excluding hydrogens is 260 g/mol. The van der Waals surface area contributed by atoms with E-state index in [-0.39, 0.29) is 18.3 Å². The van der Waals surface area contributed by atoms with Gasteiger partial charge in [0.1, 0.15) is 0 Å². The Balaban J connectivity index is 0.00000180. The molecule has 0 aromatic heterocycles. The van der Waals surface area contributed by atoms with Gasteiger partial charge in [-0.25, -0.2) is 0 Å². The van der Waals surface area contributed by atoms with Gasteiger partial charge in [-0.3, -0.25) is 4.79 Å². The van der Waals surface area contributed by atoms with Crippen molar-refractivity contribution in [2.24, 2.45) is 5.41 Å². The SMILES string of the molecule is CCCC1(CNC(=O)c2ccccc2N)CCC1.Cl. The molecule has 3 nitrogen and oxygen atoms in total. The first-order valence-electron chi connectivity index (χ1n) is 6.80. The van der Waals surface area contributed by atoms with Crippen LogP contribution in [-0.4, -0.2) is 12.5 Å². The molecule has 0 unspecified atom stereocenters. The van der Waals surface area contributed by atoms with Gasteiger partial charge >= 0.3 is 0 Å². The van der Waals surface area contributed by atoms with Crippen molar-refractivity contribution in [1.29, 1.82) is 0 Å². The normalized spacial score (nSPS) is 16.1. The number of halogens is 1. The highest BCUT2D eigenvalue weighted by molar-refractivity contribution is 5.99. The molecule has 1 amide bonds. The van der Waals surface area contributed by atoms with E-state index in [1.54, 1.807) is 12.1 Å². The number of rotatable bonds is 5. The van der Waals surface area contributed by atoms with Crippen LogP contribution in [0.2, 0.25) is 0 Å². The van der Waals surface area contributed by atoms with E-state index in [0.717, 1.165) is 6.54 Å². The number of nitrogens with two attached hydrogens (primary N) is 1. The molecule has 4 heteroatoms. The summed E-state index contributed by atoms with van der Waals surface area (Å²) in [6.45, 7) is 2.99. The maximum atomic E-state index is 12.1. The summed E-state index contributed by atoms with van der Waals surface area (Å²) in [5, 5.41) is 3.05. The highest BCUT2D eigenvalue weighted by Gasteiger charge is 2.36. The maximum Gasteiger partial charge on any atom is 0.253 e. The second kappa shape index (κ2) is 6.80.